The molecule has 3 saturated carbocycles. The molecular weight excluding hydrogens is 2460 g/mol. The molecular formula is C105H149ClF5N15O16S2Y6-6. The number of amides is 8. The minimum Gasteiger partial charge on any atom is -0.506 e. The molecule has 2 saturated heterocycles. The summed E-state index contributed by atoms with van der Waals surface area (Å²) in [7, 11) is -6.07. The number of hydrogen-bond donors (Lipinski definition) is 9. The fourth-order valence-corrected chi connectivity index (χ4v) is 19.8. The number of benzene rings is 5. The number of nitrogens with zero attached hydrogens (tertiary/aromatic N) is 6. The van der Waals surface area contributed by atoms with E-state index >= 15 is 0 Å². The molecule has 0 spiro atoms. The van der Waals surface area contributed by atoms with Crippen molar-refractivity contribution in [2.45, 2.75) is 264 Å². The van der Waals surface area contributed by atoms with Gasteiger partial charge in [-0.3, -0.25) is 43.8 Å². The predicted octanol–water partition coefficient (Wildman–Crippen LogP) is 17.6. The number of nitrogens with one attached hydrogen (secondary N) is 9. The Hall–Kier alpha value is -4.05. The fraction of sp³-hybridized carbons (Fsp3) is 0.533. The van der Waals surface area contributed by atoms with Gasteiger partial charge in [-0.25, -0.2) is 79.5 Å². The quantitative estimate of drug-likeness (QED) is 0.00744. The van der Waals surface area contributed by atoms with E-state index in [0.717, 1.165) is 44.6 Å². The van der Waals surface area contributed by atoms with Crippen LogP contribution in [0.2, 0.25) is 5.02 Å². The first-order chi connectivity index (χ1) is 68.9. The topological polar surface area (TPSA) is 398 Å². The number of carbonyl (C=O) groups excluding carboxylic acids is 8. The van der Waals surface area contributed by atoms with Crippen molar-refractivity contribution in [1.82, 2.24) is 61.7 Å². The second-order valence-electron chi connectivity index (χ2n) is 36.3. The molecule has 0 bridgehead atoms. The summed E-state index contributed by atoms with van der Waals surface area (Å²) in [6.45, 7) is 32.9. The molecule has 11 rings (SSSR count). The van der Waals surface area contributed by atoms with E-state index in [2.05, 4.69) is 74.3 Å². The second kappa shape index (κ2) is 81.5. The van der Waals surface area contributed by atoms with E-state index in [1.165, 1.54) is 176 Å². The summed E-state index contributed by atoms with van der Waals surface area (Å²) in [4.78, 5) is 116. The van der Waals surface area contributed by atoms with Gasteiger partial charge in [0.05, 0.1) is 55.2 Å². The van der Waals surface area contributed by atoms with Gasteiger partial charge in [0.1, 0.15) is 30.0 Å². The molecule has 5 fully saturated rings. The molecule has 9 N–H and O–H groups in total. The third kappa shape index (κ3) is 57.1. The number of carbonyl (C=O) groups is 8. The Balaban J connectivity index is 0.00000179. The predicted molar refractivity (Wildman–Crippen MR) is 549 cm³/mol. The van der Waals surface area contributed by atoms with Crippen molar-refractivity contribution in [2.24, 2.45) is 40.5 Å². The number of alkyl halides is 5. The Kier molecular flexibility index (Phi) is 79.3. The summed E-state index contributed by atoms with van der Waals surface area (Å²) in [6.07, 6.45) is 14.6. The van der Waals surface area contributed by atoms with Crippen LogP contribution >= 0.6 is 11.6 Å². The van der Waals surface area contributed by atoms with Gasteiger partial charge in [0, 0.05) is 265 Å². The zero-order valence-corrected chi connectivity index (χ0v) is 108. The molecule has 818 valence electrons. The number of halogens is 6. The molecule has 150 heavy (non-hydrogen) atoms. The Morgan fingerprint density at radius 2 is 0.993 bits per heavy atom. The van der Waals surface area contributed by atoms with Gasteiger partial charge in [0.2, 0.25) is 35.5 Å². The maximum atomic E-state index is 13.6. The van der Waals surface area contributed by atoms with Gasteiger partial charge in [-0.05, 0) is 102 Å². The number of ether oxygens (including phenoxy) is 4. The monoisotopic (exact) mass is 2600 g/mol. The van der Waals surface area contributed by atoms with Gasteiger partial charge in [-0.15, -0.1) is 0 Å². The molecule has 45 heteroatoms. The molecule has 6 aromatic rings. The first-order valence-electron chi connectivity index (χ1n) is 49.6. The standard InChI is InChI=1S/C23H32N5O.C20H22F2N3O5S2.C19H19ClF3N2O.C17H29N2O3.C16H27N2O4.C10H20NO2.6Y/c1-3-24-22(29)20(16-18-10-6-4-7-11-18)26-21-14-15-25-23(27-21)28(2)17-19-12-8-5-9-13-19;1-2-23-20(26)18(24-14-25-32(29,30)16-9-4-3-5-10-16)13-31(27,28)12-15-8-6-7-11-17(15)19(21)22;1-2-24-18(26)16(12-14-10-6-7-11-15(14)20)25-17(19(21,22)23)13-8-4-3-5-9-13;1-2-18-17(21)15(12-14-6-4-3-5-7-14)13-16(20)19-8-10-22-11-9-19;1-2-17-15(19)14(12-13-6-4-3-5-7-13)22-16(20)18-8-10-21-11-9-18;1-6-11-10(12)13-9(7(2)3)8(4)5;;;;;;/h3,5,8-9,12-15,18,20H,4,6-7,10-11,16-17H2,1-2H3,(H,24,29)(H,25,26,27);2-11,14,18-19H,12-13H2,1H3,(H,23,26)(H,24,25);2-11,16-17,25H,12H2,1H3,(H,24,26);2,14-15H,3-13H2,1H3,(H,18,21);2,13-14H,3-12H2,1H3,(H,17,19);6-9H,1-5H3,(H,11,12);;;;;;/q6*-1;;;;;;/t20-;18-;16-,17?;15-;14-;;;;;;;/m00010......./s1. The number of hydrogen-bond acceptors (Lipinski definition) is 22. The van der Waals surface area contributed by atoms with E-state index in [1.54, 1.807) is 101 Å². The van der Waals surface area contributed by atoms with Gasteiger partial charge < -0.3 is 70.9 Å². The number of rotatable bonds is 42. The number of alkyl carbamates (subject to hydrolysis) is 1. The van der Waals surface area contributed by atoms with Crippen LogP contribution in [0, 0.1) is 74.8 Å². The van der Waals surface area contributed by atoms with Gasteiger partial charge in [0.15, 0.2) is 21.8 Å². The molecule has 31 nitrogen and oxygen atoms in total. The number of sulfone groups is 1. The van der Waals surface area contributed by atoms with Crippen LogP contribution in [0.3, 0.4) is 0 Å². The first kappa shape index (κ1) is 146. The van der Waals surface area contributed by atoms with Gasteiger partial charge in [-0.1, -0.05) is 257 Å². The number of morpholine rings is 2. The van der Waals surface area contributed by atoms with E-state index in [9.17, 15) is 77.1 Å². The number of anilines is 2. The largest absolute Gasteiger partial charge is 0.506 e. The average molecular weight is 2610 g/mol. The van der Waals surface area contributed by atoms with E-state index in [-0.39, 0.29) is 266 Å². The zero-order chi connectivity index (χ0) is 105. The Morgan fingerprint density at radius 1 is 0.540 bits per heavy atom. The van der Waals surface area contributed by atoms with E-state index < -0.39 is 91.7 Å². The van der Waals surface area contributed by atoms with Crippen molar-refractivity contribution in [3.05, 3.63) is 224 Å². The molecule has 5 aromatic carbocycles. The summed E-state index contributed by atoms with van der Waals surface area (Å²) in [5.74, 6) is 0.441. The summed E-state index contributed by atoms with van der Waals surface area (Å²) in [5.41, 5.74) is 1.32. The Labute approximate surface area is 1040 Å². The normalized spacial score (nSPS) is 15.4. The molecule has 5 aliphatic rings. The van der Waals surface area contributed by atoms with Crippen molar-refractivity contribution in [3.63, 3.8) is 0 Å². The molecule has 1 unspecified atom stereocenters. The van der Waals surface area contributed by atoms with Crippen LogP contribution < -0.4 is 52.2 Å². The first-order valence-corrected chi connectivity index (χ1v) is 53.3. The van der Waals surface area contributed by atoms with Gasteiger partial charge in [0.25, 0.3) is 16.4 Å². The van der Waals surface area contributed by atoms with Gasteiger partial charge >= 0.3 is 18.4 Å². The second-order valence-corrected chi connectivity index (χ2v) is 40.6. The van der Waals surface area contributed by atoms with Crippen LogP contribution in [0.4, 0.5) is 43.3 Å². The third-order valence-corrected chi connectivity index (χ3v) is 27.7. The summed E-state index contributed by atoms with van der Waals surface area (Å²) in [5, 5.41) is 21.8. The van der Waals surface area contributed by atoms with Crippen LogP contribution in [0.15, 0.2) is 162 Å². The number of aromatic nitrogens is 2. The van der Waals surface area contributed by atoms with E-state index in [4.69, 9.17) is 30.5 Å². The maximum absolute atomic E-state index is 13.6. The maximum Gasteiger partial charge on any atom is 0.410 e. The number of sulfonamides is 1. The molecule has 2 aliphatic heterocycles. The molecule has 1 aromatic heterocycles. The summed E-state index contributed by atoms with van der Waals surface area (Å²) in [6, 6.07) is 33.9. The summed E-state index contributed by atoms with van der Waals surface area (Å²) < 4.78 is 140. The minimum absolute atomic E-state index is 0. The van der Waals surface area contributed by atoms with E-state index in [0.29, 0.717) is 117 Å². The SMILES string of the molecule is C[CH-]NC(=O)OC(C(C)C)C(C)C.C[CH-]NC(=O)[C@@H](CC(=O)N1CCOCC1)CC1CCCCC1.C[CH-]NC(=O)[C@H](CC1CCCCC1)Nc1ccnc(N(C)Cc2ccccc2)n1.C[CH-]NC(=O)[C@H](CC1CCCCC1)OC(=O)N1CCOCC1.C[CH-]NC(=O)[C@H](CS(=O)(=O)Cc1ccccc1C(F)F)N=CNS(=O)(=O)c1ccccc1.C[CH-]NC(=O)[C@H](Cc1ccccc1Cl)NC(c1ccccc1)C(F)(F)F.[Y].[Y].[Y].[Y].[Y].[Y]. The number of aliphatic imine (C=N–C) groups is 1. The van der Waals surface area contributed by atoms with Crippen LogP contribution in [-0.2, 0) is 283 Å². The van der Waals surface area contributed by atoms with Crippen molar-refractivity contribution < 1.29 is 292 Å². The Bertz CT molecular complexity index is 4980. The van der Waals surface area contributed by atoms with Crippen molar-refractivity contribution in [2.75, 3.05) is 75.6 Å². The van der Waals surface area contributed by atoms with Crippen LogP contribution in [0.25, 0.3) is 0 Å². The molecule has 6 atom stereocenters. The average Bonchev–Trinajstić information content (AvgIpc) is 0.815. The smallest absolute Gasteiger partial charge is 0.410 e. The fourth-order valence-electron chi connectivity index (χ4n) is 17.2. The van der Waals surface area contributed by atoms with Crippen molar-refractivity contribution in [3.8, 4) is 0 Å². The third-order valence-electron chi connectivity index (χ3n) is 24.4. The minimum atomic E-state index is -4.56. The summed E-state index contributed by atoms with van der Waals surface area (Å²) >= 11 is 6.10. The molecule has 8 amide bonds. The van der Waals surface area contributed by atoms with Crippen LogP contribution in [0.5, 0.6) is 0 Å². The van der Waals surface area contributed by atoms with Gasteiger partial charge in [-0.2, -0.15) is 59.7 Å². The van der Waals surface area contributed by atoms with E-state index in [1.807, 2.05) is 75.7 Å². The van der Waals surface area contributed by atoms with Crippen molar-refractivity contribution in [1.29, 1.82) is 0 Å². The molecule has 6 radical (unpaired) electrons. The van der Waals surface area contributed by atoms with Crippen molar-refractivity contribution >= 4 is 97.2 Å². The van der Waals surface area contributed by atoms with Crippen LogP contribution in [-0.4, -0.2) is 192 Å². The zero-order valence-electron chi connectivity index (χ0n) is 88.2. The molecule has 3 aliphatic carbocycles. The Morgan fingerprint density at radius 3 is 1.50 bits per heavy atom. The van der Waals surface area contributed by atoms with Crippen LogP contribution in [0.1, 0.15) is 232 Å². The molecule has 3 heterocycles.